The van der Waals surface area contributed by atoms with Gasteiger partial charge in [0.25, 0.3) is 0 Å². The quantitative estimate of drug-likeness (QED) is 0.309. The van der Waals surface area contributed by atoms with E-state index in [9.17, 15) is 4.39 Å². The minimum absolute atomic E-state index is 0. The third kappa shape index (κ3) is 6.04. The molecule has 0 bridgehead atoms. The first-order chi connectivity index (χ1) is 16.2. The number of halogens is 2. The summed E-state index contributed by atoms with van der Waals surface area (Å²) in [6.07, 6.45) is 2.95. The molecule has 1 aliphatic heterocycles. The Kier molecular flexibility index (Phi) is 8.34. The summed E-state index contributed by atoms with van der Waals surface area (Å²) < 4.78 is 20.0. The molecule has 0 aliphatic carbocycles. The van der Waals surface area contributed by atoms with E-state index in [-0.39, 0.29) is 30.4 Å². The molecular weight excluding hydrogens is 445 g/mol. The van der Waals surface area contributed by atoms with E-state index in [0.29, 0.717) is 12.5 Å². The van der Waals surface area contributed by atoms with Crippen molar-refractivity contribution >= 4 is 23.2 Å². The summed E-state index contributed by atoms with van der Waals surface area (Å²) in [5, 5.41) is 6.25. The summed E-state index contributed by atoms with van der Waals surface area (Å²) >= 11 is 0. The number of piperidine rings is 1. The molecule has 4 aromatic rings. The Morgan fingerprint density at radius 2 is 1.56 bits per heavy atom. The summed E-state index contributed by atoms with van der Waals surface area (Å²) in [5.74, 6) is 0.237. The number of hydrogen-bond donors (Lipinski definition) is 1. The average Bonchev–Trinajstić information content (AvgIpc) is 2.87. The molecule has 0 radical (unpaired) electrons. The topological polar surface area (TPSA) is 21.3 Å². The largest absolute Gasteiger partial charge is 0.372 e. The summed E-state index contributed by atoms with van der Waals surface area (Å²) in [4.78, 5) is 0. The van der Waals surface area contributed by atoms with Crippen molar-refractivity contribution in [2.75, 3.05) is 6.54 Å². The van der Waals surface area contributed by atoms with Crippen LogP contribution in [0.4, 0.5) is 4.39 Å². The van der Waals surface area contributed by atoms with Gasteiger partial charge in [0.2, 0.25) is 0 Å². The Labute approximate surface area is 207 Å². The molecule has 34 heavy (non-hydrogen) atoms. The number of hydrogen-bond acceptors (Lipinski definition) is 2. The number of nitrogens with one attached hydrogen (secondary N) is 1. The van der Waals surface area contributed by atoms with Crippen LogP contribution in [0.5, 0.6) is 0 Å². The predicted molar refractivity (Wildman–Crippen MR) is 140 cm³/mol. The van der Waals surface area contributed by atoms with Gasteiger partial charge < -0.3 is 10.1 Å². The fourth-order valence-electron chi connectivity index (χ4n) is 4.96. The number of benzene rings is 4. The molecule has 4 heteroatoms. The summed E-state index contributed by atoms with van der Waals surface area (Å²) in [6.45, 7) is 1.54. The third-order valence-electron chi connectivity index (χ3n) is 6.79. The maximum absolute atomic E-state index is 13.4. The second-order valence-electron chi connectivity index (χ2n) is 9.05. The van der Waals surface area contributed by atoms with Crippen molar-refractivity contribution in [2.45, 2.75) is 43.9 Å². The lowest BCUT2D eigenvalue weighted by Crippen LogP contribution is -2.47. The van der Waals surface area contributed by atoms with Gasteiger partial charge in [0.15, 0.2) is 0 Å². The van der Waals surface area contributed by atoms with Gasteiger partial charge in [-0.2, -0.15) is 0 Å². The lowest BCUT2D eigenvalue weighted by molar-refractivity contribution is 0.00665. The highest BCUT2D eigenvalue weighted by atomic mass is 35.5. The Morgan fingerprint density at radius 3 is 2.35 bits per heavy atom. The van der Waals surface area contributed by atoms with Crippen molar-refractivity contribution < 1.29 is 9.13 Å². The molecular formula is C30H31ClFNO. The normalized spacial score (nSPS) is 18.9. The molecule has 3 unspecified atom stereocenters. The van der Waals surface area contributed by atoms with Gasteiger partial charge in [-0.25, -0.2) is 4.39 Å². The van der Waals surface area contributed by atoms with Crippen LogP contribution in [0.2, 0.25) is 0 Å². The Hall–Kier alpha value is -2.72. The zero-order valence-electron chi connectivity index (χ0n) is 19.2. The first-order valence-corrected chi connectivity index (χ1v) is 11.9. The molecule has 1 heterocycles. The van der Waals surface area contributed by atoms with E-state index >= 15 is 0 Å². The van der Waals surface area contributed by atoms with Crippen LogP contribution in [-0.2, 0) is 17.8 Å². The SMILES string of the molecule is Cl.Fc1ccc(C2CCNC(C(Cc3ccc4ccccc4c3)OCc3ccccc3)C2)cc1. The molecule has 176 valence electrons. The second-order valence-corrected chi connectivity index (χ2v) is 9.05. The van der Waals surface area contributed by atoms with Crippen LogP contribution in [-0.4, -0.2) is 18.7 Å². The Bertz CT molecular complexity index is 1180. The maximum Gasteiger partial charge on any atom is 0.123 e. The zero-order chi connectivity index (χ0) is 22.5. The van der Waals surface area contributed by atoms with E-state index in [1.807, 2.05) is 18.2 Å². The fraction of sp³-hybridized carbons (Fsp3) is 0.267. The number of fused-ring (bicyclic) bond motifs is 1. The number of ether oxygens (including phenoxy) is 1. The van der Waals surface area contributed by atoms with Gasteiger partial charge >= 0.3 is 0 Å². The van der Waals surface area contributed by atoms with Gasteiger partial charge in [0, 0.05) is 12.5 Å². The van der Waals surface area contributed by atoms with Crippen molar-refractivity contribution in [3.63, 3.8) is 0 Å². The average molecular weight is 476 g/mol. The van der Waals surface area contributed by atoms with Crippen LogP contribution in [0.25, 0.3) is 10.8 Å². The van der Waals surface area contributed by atoms with Gasteiger partial charge in [-0.15, -0.1) is 12.4 Å². The highest BCUT2D eigenvalue weighted by Crippen LogP contribution is 2.31. The molecule has 3 atom stereocenters. The molecule has 1 fully saturated rings. The van der Waals surface area contributed by atoms with Gasteiger partial charge in [0.1, 0.15) is 5.82 Å². The van der Waals surface area contributed by atoms with E-state index in [1.165, 1.54) is 27.5 Å². The molecule has 0 aromatic heterocycles. The van der Waals surface area contributed by atoms with E-state index in [2.05, 4.69) is 72.0 Å². The lowest BCUT2D eigenvalue weighted by atomic mass is 9.83. The zero-order valence-corrected chi connectivity index (χ0v) is 20.0. The molecule has 1 saturated heterocycles. The van der Waals surface area contributed by atoms with Crippen LogP contribution >= 0.6 is 12.4 Å². The molecule has 0 spiro atoms. The molecule has 0 saturated carbocycles. The maximum atomic E-state index is 13.4. The number of rotatable bonds is 7. The van der Waals surface area contributed by atoms with Crippen molar-refractivity contribution in [1.29, 1.82) is 0 Å². The van der Waals surface area contributed by atoms with E-state index < -0.39 is 0 Å². The van der Waals surface area contributed by atoms with E-state index in [0.717, 1.165) is 25.8 Å². The highest BCUT2D eigenvalue weighted by Gasteiger charge is 2.30. The molecule has 0 amide bonds. The third-order valence-corrected chi connectivity index (χ3v) is 6.79. The minimum atomic E-state index is -0.176. The van der Waals surface area contributed by atoms with Crippen LogP contribution in [0, 0.1) is 5.82 Å². The van der Waals surface area contributed by atoms with Gasteiger partial charge in [-0.3, -0.25) is 0 Å². The molecule has 1 N–H and O–H groups in total. The Morgan fingerprint density at radius 1 is 0.824 bits per heavy atom. The van der Waals surface area contributed by atoms with Gasteiger partial charge in [-0.05, 0) is 64.9 Å². The summed E-state index contributed by atoms with van der Waals surface area (Å²) in [7, 11) is 0. The van der Waals surface area contributed by atoms with Crippen molar-refractivity contribution in [3.05, 3.63) is 120 Å². The predicted octanol–water partition coefficient (Wildman–Crippen LogP) is 7.06. The standard InChI is InChI=1S/C30H30FNO.ClH/c31-28-14-12-25(13-15-28)27-16-17-32-29(20-27)30(33-21-22-6-2-1-3-7-22)19-23-10-11-24-8-4-5-9-26(24)18-23;/h1-15,18,27,29-30,32H,16-17,19-21H2;1H. The van der Waals surface area contributed by atoms with Crippen LogP contribution < -0.4 is 5.32 Å². The second kappa shape index (κ2) is 11.6. The molecule has 1 aliphatic rings. The first kappa shape index (κ1) is 24.4. The van der Waals surface area contributed by atoms with Crippen LogP contribution in [0.3, 0.4) is 0 Å². The van der Waals surface area contributed by atoms with Gasteiger partial charge in [-0.1, -0.05) is 84.9 Å². The molecule has 4 aromatic carbocycles. The van der Waals surface area contributed by atoms with Crippen LogP contribution in [0.1, 0.15) is 35.4 Å². The van der Waals surface area contributed by atoms with E-state index in [1.54, 1.807) is 12.1 Å². The first-order valence-electron chi connectivity index (χ1n) is 11.9. The van der Waals surface area contributed by atoms with Crippen LogP contribution in [0.15, 0.2) is 97.1 Å². The Balaban J connectivity index is 0.00000274. The van der Waals surface area contributed by atoms with Gasteiger partial charge in [0.05, 0.1) is 12.7 Å². The van der Waals surface area contributed by atoms with Crippen molar-refractivity contribution in [1.82, 2.24) is 5.32 Å². The molecule has 5 rings (SSSR count). The summed E-state index contributed by atoms with van der Waals surface area (Å²) in [5.41, 5.74) is 3.69. The van der Waals surface area contributed by atoms with Crippen molar-refractivity contribution in [3.8, 4) is 0 Å². The van der Waals surface area contributed by atoms with Crippen molar-refractivity contribution in [2.24, 2.45) is 0 Å². The minimum Gasteiger partial charge on any atom is -0.372 e. The summed E-state index contributed by atoms with van der Waals surface area (Å²) in [6, 6.07) is 32.8. The lowest BCUT2D eigenvalue weighted by Gasteiger charge is -2.36. The highest BCUT2D eigenvalue weighted by molar-refractivity contribution is 5.85. The van der Waals surface area contributed by atoms with E-state index in [4.69, 9.17) is 4.74 Å². The molecule has 2 nitrogen and oxygen atoms in total. The monoisotopic (exact) mass is 475 g/mol. The smallest absolute Gasteiger partial charge is 0.123 e. The fourth-order valence-corrected chi connectivity index (χ4v) is 4.96.